The van der Waals surface area contributed by atoms with E-state index in [9.17, 15) is 9.59 Å². The minimum Gasteiger partial charge on any atom is -0.369 e. The molecule has 1 unspecified atom stereocenters. The van der Waals surface area contributed by atoms with E-state index in [2.05, 4.69) is 11.9 Å². The van der Waals surface area contributed by atoms with Gasteiger partial charge in [-0.05, 0) is 31.4 Å². The van der Waals surface area contributed by atoms with E-state index < -0.39 is 11.2 Å². The lowest BCUT2D eigenvalue weighted by Crippen LogP contribution is -2.27. The molecule has 3 aromatic rings. The molecule has 1 amide bonds. The lowest BCUT2D eigenvalue weighted by atomic mass is 10.1. The molecule has 2 heterocycles. The molecule has 5 nitrogen and oxygen atoms in total. The Hall–Kier alpha value is -2.12. The number of primary amides is 1. The summed E-state index contributed by atoms with van der Waals surface area (Å²) in [4.78, 5) is 31.1. The van der Waals surface area contributed by atoms with Crippen molar-refractivity contribution < 1.29 is 4.79 Å². The summed E-state index contributed by atoms with van der Waals surface area (Å²) in [7, 11) is 0. The summed E-state index contributed by atoms with van der Waals surface area (Å²) in [5, 5.41) is 0.748. The Kier molecular flexibility index (Phi) is 5.78. The maximum atomic E-state index is 13.1. The number of benzene rings is 1. The number of thioether (sulfide) groups is 1. The maximum absolute atomic E-state index is 13.1. The predicted octanol–water partition coefficient (Wildman–Crippen LogP) is 3.23. The molecule has 26 heavy (non-hydrogen) atoms. The SMILES string of the molecule is CCc1cc2c(=O)n(CCc3ccccc3)c(SC(C)C(N)=O)nc2s1. The molecule has 0 fully saturated rings. The number of fused-ring (bicyclic) bond motifs is 1. The highest BCUT2D eigenvalue weighted by atomic mass is 32.2. The first-order chi connectivity index (χ1) is 12.5. The number of carbonyl (C=O) groups is 1. The van der Waals surface area contributed by atoms with Gasteiger partial charge in [-0.15, -0.1) is 11.3 Å². The minimum atomic E-state index is -0.451. The number of nitrogens with zero attached hydrogens (tertiary/aromatic N) is 2. The quantitative estimate of drug-likeness (QED) is 0.499. The average molecular weight is 388 g/mol. The second kappa shape index (κ2) is 8.05. The van der Waals surface area contributed by atoms with Gasteiger partial charge >= 0.3 is 0 Å². The average Bonchev–Trinajstić information content (AvgIpc) is 3.05. The van der Waals surface area contributed by atoms with E-state index in [1.807, 2.05) is 36.4 Å². The number of thiophene rings is 1. The molecule has 7 heteroatoms. The van der Waals surface area contributed by atoms with Crippen LogP contribution in [0.4, 0.5) is 0 Å². The largest absolute Gasteiger partial charge is 0.369 e. The van der Waals surface area contributed by atoms with Crippen LogP contribution in [0.2, 0.25) is 0 Å². The number of hydrogen-bond donors (Lipinski definition) is 1. The maximum Gasteiger partial charge on any atom is 0.262 e. The first-order valence-corrected chi connectivity index (χ1v) is 10.2. The summed E-state index contributed by atoms with van der Waals surface area (Å²) in [6.45, 7) is 4.30. The van der Waals surface area contributed by atoms with Crippen LogP contribution < -0.4 is 11.3 Å². The van der Waals surface area contributed by atoms with Crippen molar-refractivity contribution in [2.45, 2.75) is 43.6 Å². The van der Waals surface area contributed by atoms with E-state index >= 15 is 0 Å². The topological polar surface area (TPSA) is 78.0 Å². The number of amides is 1. The fourth-order valence-corrected chi connectivity index (χ4v) is 4.50. The smallest absolute Gasteiger partial charge is 0.262 e. The fourth-order valence-electron chi connectivity index (χ4n) is 2.61. The molecule has 136 valence electrons. The van der Waals surface area contributed by atoms with Crippen molar-refractivity contribution >= 4 is 39.2 Å². The highest BCUT2D eigenvalue weighted by Gasteiger charge is 2.18. The number of hydrogen-bond acceptors (Lipinski definition) is 5. The van der Waals surface area contributed by atoms with Crippen molar-refractivity contribution in [2.24, 2.45) is 5.73 Å². The van der Waals surface area contributed by atoms with Crippen LogP contribution in [-0.4, -0.2) is 20.7 Å². The molecule has 1 atom stereocenters. The van der Waals surface area contributed by atoms with Crippen molar-refractivity contribution in [3.63, 3.8) is 0 Å². The molecule has 0 saturated heterocycles. The Balaban J connectivity index is 2.02. The van der Waals surface area contributed by atoms with Crippen LogP contribution in [0.15, 0.2) is 46.3 Å². The van der Waals surface area contributed by atoms with Crippen molar-refractivity contribution in [1.82, 2.24) is 9.55 Å². The van der Waals surface area contributed by atoms with Gasteiger partial charge in [0.2, 0.25) is 5.91 Å². The van der Waals surface area contributed by atoms with Crippen molar-refractivity contribution in [3.05, 3.63) is 57.2 Å². The molecule has 0 bridgehead atoms. The molecule has 0 spiro atoms. The molecular formula is C19H21N3O2S2. The summed E-state index contributed by atoms with van der Waals surface area (Å²) >= 11 is 2.77. The Labute approximate surface area is 160 Å². The Bertz CT molecular complexity index is 980. The van der Waals surface area contributed by atoms with E-state index in [4.69, 9.17) is 5.73 Å². The van der Waals surface area contributed by atoms with Crippen molar-refractivity contribution in [3.8, 4) is 0 Å². The van der Waals surface area contributed by atoms with Gasteiger partial charge in [-0.25, -0.2) is 4.98 Å². The van der Waals surface area contributed by atoms with Crippen LogP contribution in [0.3, 0.4) is 0 Å². The second-order valence-electron chi connectivity index (χ2n) is 6.03. The molecule has 0 saturated carbocycles. The third-order valence-electron chi connectivity index (χ3n) is 4.17. The molecular weight excluding hydrogens is 366 g/mol. The number of nitrogens with two attached hydrogens (primary N) is 1. The molecule has 3 rings (SSSR count). The molecule has 0 radical (unpaired) electrons. The molecule has 0 aliphatic carbocycles. The highest BCUT2D eigenvalue weighted by molar-refractivity contribution is 8.00. The summed E-state index contributed by atoms with van der Waals surface area (Å²) in [5.74, 6) is -0.417. The molecule has 2 N–H and O–H groups in total. The van der Waals surface area contributed by atoms with E-state index in [-0.39, 0.29) is 5.56 Å². The Morgan fingerprint density at radius 3 is 2.73 bits per heavy atom. The van der Waals surface area contributed by atoms with Gasteiger partial charge in [0.15, 0.2) is 5.16 Å². The second-order valence-corrected chi connectivity index (χ2v) is 8.46. The normalized spacial score (nSPS) is 12.4. The van der Waals surface area contributed by atoms with E-state index in [0.29, 0.717) is 17.1 Å². The Morgan fingerprint density at radius 2 is 2.08 bits per heavy atom. The summed E-state index contributed by atoms with van der Waals surface area (Å²) < 4.78 is 1.67. The summed E-state index contributed by atoms with van der Waals surface area (Å²) in [5.41, 5.74) is 6.50. The van der Waals surface area contributed by atoms with Gasteiger partial charge in [0, 0.05) is 11.4 Å². The number of aryl methyl sites for hydroxylation is 2. The number of rotatable bonds is 7. The standard InChI is InChI=1S/C19H21N3O2S2/c1-3-14-11-15-17(26-14)21-19(25-12(2)16(20)23)22(18(15)24)10-9-13-7-5-4-6-8-13/h4-8,11-12H,3,9-10H2,1-2H3,(H2,20,23). The molecule has 1 aromatic carbocycles. The van der Waals surface area contributed by atoms with E-state index in [1.165, 1.54) is 23.1 Å². The van der Waals surface area contributed by atoms with E-state index in [0.717, 1.165) is 28.1 Å². The zero-order chi connectivity index (χ0) is 18.7. The van der Waals surface area contributed by atoms with Crippen LogP contribution in [0.25, 0.3) is 10.2 Å². The monoisotopic (exact) mass is 387 g/mol. The number of aromatic nitrogens is 2. The highest BCUT2D eigenvalue weighted by Crippen LogP contribution is 2.27. The first-order valence-electron chi connectivity index (χ1n) is 8.52. The predicted molar refractivity (Wildman–Crippen MR) is 108 cm³/mol. The van der Waals surface area contributed by atoms with Gasteiger partial charge in [0.1, 0.15) is 4.83 Å². The summed E-state index contributed by atoms with van der Waals surface area (Å²) in [6.07, 6.45) is 1.59. The van der Waals surface area contributed by atoms with Gasteiger partial charge in [-0.2, -0.15) is 0 Å². The van der Waals surface area contributed by atoms with Crippen LogP contribution in [0, 0.1) is 0 Å². The van der Waals surface area contributed by atoms with E-state index in [1.54, 1.807) is 11.5 Å². The third kappa shape index (κ3) is 3.99. The third-order valence-corrected chi connectivity index (χ3v) is 6.45. The lowest BCUT2D eigenvalue weighted by molar-refractivity contribution is -0.117. The zero-order valence-corrected chi connectivity index (χ0v) is 16.4. The Morgan fingerprint density at radius 1 is 1.35 bits per heavy atom. The van der Waals surface area contributed by atoms with Gasteiger partial charge in [0.05, 0.1) is 10.6 Å². The first kappa shape index (κ1) is 18.7. The molecule has 0 aliphatic rings. The van der Waals surface area contributed by atoms with Crippen molar-refractivity contribution in [2.75, 3.05) is 0 Å². The van der Waals surface area contributed by atoms with Crippen LogP contribution in [0.5, 0.6) is 0 Å². The van der Waals surface area contributed by atoms with Gasteiger partial charge < -0.3 is 5.73 Å². The van der Waals surface area contributed by atoms with Gasteiger partial charge in [-0.1, -0.05) is 49.0 Å². The fraction of sp³-hybridized carbons (Fsp3) is 0.316. The van der Waals surface area contributed by atoms with Crippen LogP contribution >= 0.6 is 23.1 Å². The van der Waals surface area contributed by atoms with Gasteiger partial charge in [-0.3, -0.25) is 14.2 Å². The molecule has 0 aliphatic heterocycles. The number of carbonyl (C=O) groups excluding carboxylic acids is 1. The van der Waals surface area contributed by atoms with Crippen molar-refractivity contribution in [1.29, 1.82) is 0 Å². The molecule has 2 aromatic heterocycles. The van der Waals surface area contributed by atoms with Crippen LogP contribution in [-0.2, 0) is 24.2 Å². The van der Waals surface area contributed by atoms with Crippen LogP contribution in [0.1, 0.15) is 24.3 Å². The minimum absolute atomic E-state index is 0.0546. The van der Waals surface area contributed by atoms with Gasteiger partial charge in [0.25, 0.3) is 5.56 Å². The zero-order valence-electron chi connectivity index (χ0n) is 14.8. The summed E-state index contributed by atoms with van der Waals surface area (Å²) in [6, 6.07) is 11.9. The lowest BCUT2D eigenvalue weighted by Gasteiger charge is -2.14.